The van der Waals surface area contributed by atoms with Gasteiger partial charge in [0.2, 0.25) is 0 Å². The molecule has 2 aliphatic rings. The fourth-order valence-electron chi connectivity index (χ4n) is 1.47. The molecule has 1 heteroatoms. The van der Waals surface area contributed by atoms with Gasteiger partial charge in [-0.3, -0.25) is 0 Å². The molecule has 0 radical (unpaired) electrons. The SMILES string of the molecule is C1=C\C=C/[C]([Zr][C]2=C/C=C\C=C/C=C\2)=C\C=C/1. The maximum absolute atomic E-state index is 2.24. The van der Waals surface area contributed by atoms with E-state index in [-0.39, 0.29) is 0 Å². The summed E-state index contributed by atoms with van der Waals surface area (Å²) in [4.78, 5) is 0. The average Bonchev–Trinajstić information content (AvgIpc) is 2.24. The summed E-state index contributed by atoms with van der Waals surface area (Å²) in [5.41, 5.74) is 0. The Labute approximate surface area is 114 Å². The number of hydrogen-bond donors (Lipinski definition) is 0. The molecular weight excluding hydrogens is 283 g/mol. The summed E-state index contributed by atoms with van der Waals surface area (Å²) in [7, 11) is 0. The first-order valence-electron chi connectivity index (χ1n) is 5.65. The zero-order valence-corrected chi connectivity index (χ0v) is 12.0. The maximum atomic E-state index is 2.24. The summed E-state index contributed by atoms with van der Waals surface area (Å²) in [6.07, 6.45) is 29.9. The molecule has 17 heavy (non-hydrogen) atoms. The normalized spacial score (nSPS) is 35.3. The molecule has 0 aromatic rings. The molecule has 0 unspecified atom stereocenters. The van der Waals surface area contributed by atoms with Crippen LogP contribution in [0, 0.1) is 0 Å². The number of hydrogen-bond acceptors (Lipinski definition) is 0. The van der Waals surface area contributed by atoms with Crippen molar-refractivity contribution in [2.45, 2.75) is 0 Å². The van der Waals surface area contributed by atoms with Crippen LogP contribution in [0.15, 0.2) is 91.6 Å². The van der Waals surface area contributed by atoms with Gasteiger partial charge in [-0.2, -0.15) is 0 Å². The second-order valence-electron chi connectivity index (χ2n) is 3.63. The van der Waals surface area contributed by atoms with Gasteiger partial charge in [0, 0.05) is 0 Å². The first kappa shape index (κ1) is 12.3. The molecule has 0 amide bonds. The van der Waals surface area contributed by atoms with Gasteiger partial charge in [-0.1, -0.05) is 0 Å². The van der Waals surface area contributed by atoms with Gasteiger partial charge in [0.15, 0.2) is 0 Å². The third-order valence-corrected chi connectivity index (χ3v) is 5.34. The van der Waals surface area contributed by atoms with Gasteiger partial charge in [0.25, 0.3) is 0 Å². The minimum atomic E-state index is -0.677. The van der Waals surface area contributed by atoms with Crippen LogP contribution in [-0.4, -0.2) is 0 Å². The second-order valence-corrected chi connectivity index (χ2v) is 7.08. The third kappa shape index (κ3) is 4.67. The molecule has 0 N–H and O–H groups in total. The molecule has 2 aliphatic carbocycles. The van der Waals surface area contributed by atoms with Gasteiger partial charge in [-0.15, -0.1) is 0 Å². The molecule has 2 rings (SSSR count). The fraction of sp³-hybridized carbons (Fsp3) is 0. The Morgan fingerprint density at radius 3 is 1.41 bits per heavy atom. The first-order chi connectivity index (χ1) is 8.45. The van der Waals surface area contributed by atoms with Gasteiger partial charge in [-0.05, 0) is 0 Å². The monoisotopic (exact) mass is 296 g/mol. The van der Waals surface area contributed by atoms with Crippen molar-refractivity contribution in [2.24, 2.45) is 0 Å². The van der Waals surface area contributed by atoms with E-state index in [4.69, 9.17) is 0 Å². The van der Waals surface area contributed by atoms with Crippen LogP contribution in [0.4, 0.5) is 0 Å². The standard InChI is InChI=1S/2C8H7.Zr/c2*1-2-4-6-8-7-5-3-1;/h2*1-7H;/b2*2-1-,3-1?,4-2?,5-3-,6-4-,7-5?,8-6?,8-7?;. The van der Waals surface area contributed by atoms with Gasteiger partial charge >= 0.3 is 115 Å². The zero-order valence-electron chi connectivity index (χ0n) is 9.58. The van der Waals surface area contributed by atoms with E-state index in [1.807, 2.05) is 0 Å². The van der Waals surface area contributed by atoms with Crippen LogP contribution in [0.3, 0.4) is 0 Å². The predicted octanol–water partition coefficient (Wildman–Crippen LogP) is 4.20. The summed E-state index contributed by atoms with van der Waals surface area (Å²) in [5.74, 6) is 0. The van der Waals surface area contributed by atoms with E-state index < -0.39 is 23.2 Å². The summed E-state index contributed by atoms with van der Waals surface area (Å²) < 4.78 is 2.98. The molecule has 82 valence electrons. The molecule has 0 aromatic carbocycles. The van der Waals surface area contributed by atoms with Crippen LogP contribution < -0.4 is 0 Å². The van der Waals surface area contributed by atoms with Crippen molar-refractivity contribution < 1.29 is 23.2 Å². The number of rotatable bonds is 2. The van der Waals surface area contributed by atoms with E-state index in [0.717, 1.165) is 0 Å². The van der Waals surface area contributed by atoms with Gasteiger partial charge in [0.1, 0.15) is 0 Å². The Kier molecular flexibility index (Phi) is 5.19. The van der Waals surface area contributed by atoms with E-state index in [2.05, 4.69) is 85.1 Å². The quantitative estimate of drug-likeness (QED) is 0.716. The van der Waals surface area contributed by atoms with Crippen LogP contribution in [0.5, 0.6) is 0 Å². The predicted molar refractivity (Wildman–Crippen MR) is 71.0 cm³/mol. The van der Waals surface area contributed by atoms with Crippen molar-refractivity contribution in [3.05, 3.63) is 91.6 Å². The molecule has 0 spiro atoms. The second kappa shape index (κ2) is 7.19. The molecule has 0 aromatic heterocycles. The third-order valence-electron chi connectivity index (χ3n) is 2.28. The molecule has 0 fully saturated rings. The molecule has 0 aliphatic heterocycles. The van der Waals surface area contributed by atoms with Crippen molar-refractivity contribution in [1.29, 1.82) is 0 Å². The Morgan fingerprint density at radius 1 is 0.471 bits per heavy atom. The average molecular weight is 298 g/mol. The summed E-state index contributed by atoms with van der Waals surface area (Å²) in [6, 6.07) is 0. The van der Waals surface area contributed by atoms with Crippen LogP contribution in [-0.2, 0) is 23.2 Å². The molecule has 0 saturated heterocycles. The van der Waals surface area contributed by atoms with Crippen molar-refractivity contribution in [3.8, 4) is 0 Å². The van der Waals surface area contributed by atoms with E-state index >= 15 is 0 Å². The minimum absolute atomic E-state index is 0.677. The van der Waals surface area contributed by atoms with Gasteiger partial charge in [-0.25, -0.2) is 0 Å². The van der Waals surface area contributed by atoms with Crippen molar-refractivity contribution >= 4 is 0 Å². The van der Waals surface area contributed by atoms with Crippen LogP contribution in [0.25, 0.3) is 0 Å². The molecule has 0 saturated carbocycles. The van der Waals surface area contributed by atoms with Crippen molar-refractivity contribution in [2.75, 3.05) is 0 Å². The molecule has 0 heterocycles. The first-order valence-corrected chi connectivity index (χ1v) is 8.11. The Hall–Kier alpha value is -1.20. The molecular formula is C16H14Zr. The Bertz CT molecular complexity index is 446. The molecule has 0 atom stereocenters. The topological polar surface area (TPSA) is 0 Å². The van der Waals surface area contributed by atoms with Crippen LogP contribution >= 0.6 is 0 Å². The van der Waals surface area contributed by atoms with E-state index in [0.29, 0.717) is 0 Å². The van der Waals surface area contributed by atoms with Crippen molar-refractivity contribution in [3.63, 3.8) is 0 Å². The van der Waals surface area contributed by atoms with Gasteiger partial charge < -0.3 is 0 Å². The van der Waals surface area contributed by atoms with Gasteiger partial charge in [0.05, 0.1) is 0 Å². The van der Waals surface area contributed by atoms with Crippen molar-refractivity contribution in [1.82, 2.24) is 0 Å². The summed E-state index contributed by atoms with van der Waals surface area (Å²) in [6.45, 7) is 0. The van der Waals surface area contributed by atoms with Crippen LogP contribution in [0.1, 0.15) is 0 Å². The Morgan fingerprint density at radius 2 is 0.882 bits per heavy atom. The van der Waals surface area contributed by atoms with E-state index in [1.54, 1.807) is 0 Å². The van der Waals surface area contributed by atoms with E-state index in [9.17, 15) is 0 Å². The summed E-state index contributed by atoms with van der Waals surface area (Å²) in [5, 5.41) is 0. The molecule has 0 bridgehead atoms. The number of allylic oxidation sites excluding steroid dienone is 16. The molecule has 0 nitrogen and oxygen atoms in total. The van der Waals surface area contributed by atoms with Crippen LogP contribution in [0.2, 0.25) is 0 Å². The fourth-order valence-corrected chi connectivity index (χ4v) is 4.05. The zero-order chi connectivity index (χ0) is 11.8. The van der Waals surface area contributed by atoms with E-state index in [1.165, 1.54) is 6.56 Å². The summed E-state index contributed by atoms with van der Waals surface area (Å²) >= 11 is -0.677. The Balaban J connectivity index is 2.10.